The Kier molecular flexibility index (Phi) is 8.46. The van der Waals surface area contributed by atoms with Crippen LogP contribution in [0, 0.1) is 0 Å². The lowest BCUT2D eigenvalue weighted by molar-refractivity contribution is -0.127. The topological polar surface area (TPSA) is 129 Å². The summed E-state index contributed by atoms with van der Waals surface area (Å²) in [7, 11) is 0. The van der Waals surface area contributed by atoms with Gasteiger partial charge in [-0.1, -0.05) is 6.92 Å². The fourth-order valence-electron chi connectivity index (χ4n) is 4.37. The number of aliphatic hydroxyl groups is 1. The maximum atomic E-state index is 13.4. The molecule has 10 heteroatoms. The molecule has 2 aliphatic heterocycles. The third kappa shape index (κ3) is 6.83. The molecule has 2 amide bonds. The second kappa shape index (κ2) is 11.5. The molecule has 0 unspecified atom stereocenters. The Morgan fingerprint density at radius 3 is 2.83 bits per heavy atom. The molecule has 1 aromatic heterocycles. The molecule has 1 saturated heterocycles. The molecule has 0 bridgehead atoms. The van der Waals surface area contributed by atoms with Crippen molar-refractivity contribution in [3.63, 3.8) is 0 Å². The van der Waals surface area contributed by atoms with Crippen molar-refractivity contribution in [3.05, 3.63) is 21.4 Å². The summed E-state index contributed by atoms with van der Waals surface area (Å²) in [4.78, 5) is 33.7. The minimum atomic E-state index is -0.621. The molecule has 4 rings (SSSR count). The number of ether oxygens (including phenoxy) is 1. The van der Waals surface area contributed by atoms with E-state index in [9.17, 15) is 14.7 Å². The molecule has 35 heavy (non-hydrogen) atoms. The van der Waals surface area contributed by atoms with E-state index in [4.69, 9.17) is 10.5 Å². The largest absolute Gasteiger partial charge is 0.446 e. The molecule has 0 aromatic carbocycles. The number of rotatable bonds is 11. The summed E-state index contributed by atoms with van der Waals surface area (Å²) in [5.41, 5.74) is 6.98. The van der Waals surface area contributed by atoms with E-state index in [1.54, 1.807) is 11.3 Å². The fourth-order valence-corrected chi connectivity index (χ4v) is 5.44. The predicted octanol–water partition coefficient (Wildman–Crippen LogP) is 2.70. The molecule has 3 aliphatic rings. The second-order valence-electron chi connectivity index (χ2n) is 9.77. The average Bonchev–Trinajstić information content (AvgIpc) is 3.08. The van der Waals surface area contributed by atoms with E-state index in [0.717, 1.165) is 47.5 Å². The number of hydrogen-bond donors (Lipinski definition) is 4. The molecule has 192 valence electrons. The molecule has 5 N–H and O–H groups in total. The van der Waals surface area contributed by atoms with Crippen LogP contribution in [0.25, 0.3) is 6.08 Å². The van der Waals surface area contributed by atoms with E-state index in [0.29, 0.717) is 63.4 Å². The maximum Gasteiger partial charge on any atom is 0.407 e. The molecule has 1 saturated carbocycles. The van der Waals surface area contributed by atoms with Gasteiger partial charge in [-0.15, -0.1) is 11.3 Å². The van der Waals surface area contributed by atoms with Gasteiger partial charge in [0.25, 0.3) is 0 Å². The number of carbonyl (C=O) groups is 2. The van der Waals surface area contributed by atoms with Crippen LogP contribution in [0.3, 0.4) is 0 Å². The van der Waals surface area contributed by atoms with Crippen molar-refractivity contribution in [3.8, 4) is 0 Å². The fraction of sp³-hybridized carbons (Fsp3) is 0.640. The van der Waals surface area contributed by atoms with Crippen LogP contribution >= 0.6 is 11.3 Å². The number of carbonyl (C=O) groups excluding carboxylic acids is 2. The van der Waals surface area contributed by atoms with Crippen LogP contribution in [0.4, 0.5) is 10.5 Å². The van der Waals surface area contributed by atoms with Crippen LogP contribution in [-0.4, -0.2) is 72.3 Å². The van der Waals surface area contributed by atoms with Crippen LogP contribution in [-0.2, 0) is 16.0 Å². The number of nitrogens with two attached hydrogens (primary N) is 1. The van der Waals surface area contributed by atoms with Gasteiger partial charge >= 0.3 is 6.09 Å². The monoisotopic (exact) mass is 503 g/mol. The standard InChI is InChI=1S/C25H37N5O4S/c1-2-10-30(11-4-9-28-24(32)34-18-5-3-6-18)23(31)17-12-21-20(29-22(26)13-17)14-19(35-21)7-8-25(33)15-27-16-25/h12,14,18,27,33H,2-11,13,15-16H2,1H3,(H2,26,29)(H,28,32). The second-order valence-corrected chi connectivity index (χ2v) is 10.9. The lowest BCUT2D eigenvalue weighted by Crippen LogP contribution is -2.59. The zero-order chi connectivity index (χ0) is 24.8. The van der Waals surface area contributed by atoms with Crippen LogP contribution in [0.5, 0.6) is 0 Å². The highest BCUT2D eigenvalue weighted by molar-refractivity contribution is 7.13. The first-order valence-electron chi connectivity index (χ1n) is 12.7. The Morgan fingerprint density at radius 1 is 1.37 bits per heavy atom. The first-order valence-corrected chi connectivity index (χ1v) is 13.5. The summed E-state index contributed by atoms with van der Waals surface area (Å²) >= 11 is 1.61. The summed E-state index contributed by atoms with van der Waals surface area (Å²) in [6.07, 6.45) is 7.87. The van der Waals surface area contributed by atoms with Gasteiger partial charge in [0, 0.05) is 49.6 Å². The van der Waals surface area contributed by atoms with Crippen molar-refractivity contribution in [2.45, 2.75) is 70.0 Å². The van der Waals surface area contributed by atoms with Crippen molar-refractivity contribution in [2.24, 2.45) is 10.7 Å². The average molecular weight is 504 g/mol. The van der Waals surface area contributed by atoms with Gasteiger partial charge in [0.1, 0.15) is 11.9 Å². The van der Waals surface area contributed by atoms with Crippen LogP contribution in [0.2, 0.25) is 0 Å². The number of amides is 2. The summed E-state index contributed by atoms with van der Waals surface area (Å²) < 4.78 is 5.31. The summed E-state index contributed by atoms with van der Waals surface area (Å²) in [5.74, 6) is 0.381. The number of nitrogens with zero attached hydrogens (tertiary/aromatic N) is 2. The van der Waals surface area contributed by atoms with Crippen molar-refractivity contribution in [2.75, 3.05) is 32.7 Å². The van der Waals surface area contributed by atoms with Gasteiger partial charge in [0.05, 0.1) is 16.2 Å². The Morgan fingerprint density at radius 2 is 2.17 bits per heavy atom. The number of aryl methyl sites for hydroxylation is 1. The van der Waals surface area contributed by atoms with Gasteiger partial charge in [-0.3, -0.25) is 4.79 Å². The maximum absolute atomic E-state index is 13.4. The zero-order valence-electron chi connectivity index (χ0n) is 20.5. The van der Waals surface area contributed by atoms with Gasteiger partial charge in [0.15, 0.2) is 0 Å². The quantitative estimate of drug-likeness (QED) is 0.344. The predicted molar refractivity (Wildman–Crippen MR) is 138 cm³/mol. The smallest absolute Gasteiger partial charge is 0.407 e. The molecule has 0 atom stereocenters. The highest BCUT2D eigenvalue weighted by atomic mass is 32.1. The van der Waals surface area contributed by atoms with Gasteiger partial charge in [-0.25, -0.2) is 9.79 Å². The third-order valence-electron chi connectivity index (χ3n) is 6.73. The molecule has 0 radical (unpaired) electrons. The van der Waals surface area contributed by atoms with Gasteiger partial charge in [-0.05, 0) is 57.1 Å². The number of alkyl carbamates (subject to hydrolysis) is 1. The molecular formula is C25H37N5O4S. The number of β-amino-alcohol motifs (C(OH)–C–C–N with tert-alkyl or cyclic N) is 1. The summed E-state index contributed by atoms with van der Waals surface area (Å²) in [6, 6.07) is 2.02. The van der Waals surface area contributed by atoms with E-state index in [-0.39, 0.29) is 18.1 Å². The Balaban J connectivity index is 1.35. The van der Waals surface area contributed by atoms with Crippen molar-refractivity contribution >= 4 is 40.9 Å². The van der Waals surface area contributed by atoms with Gasteiger partial charge < -0.3 is 31.1 Å². The first-order chi connectivity index (χ1) is 16.8. The summed E-state index contributed by atoms with van der Waals surface area (Å²) in [5, 5.41) is 16.3. The van der Waals surface area contributed by atoms with Crippen molar-refractivity contribution < 1.29 is 19.4 Å². The number of hydrogen-bond acceptors (Lipinski definition) is 8. The zero-order valence-corrected chi connectivity index (χ0v) is 21.3. The highest BCUT2D eigenvalue weighted by Crippen LogP contribution is 2.36. The van der Waals surface area contributed by atoms with E-state index >= 15 is 0 Å². The van der Waals surface area contributed by atoms with E-state index in [1.165, 1.54) is 0 Å². The first kappa shape index (κ1) is 25.7. The molecular weight excluding hydrogens is 466 g/mol. The molecule has 3 heterocycles. The highest BCUT2D eigenvalue weighted by Gasteiger charge is 2.33. The van der Waals surface area contributed by atoms with Gasteiger partial charge in [-0.2, -0.15) is 0 Å². The minimum absolute atomic E-state index is 0.0419. The SMILES string of the molecule is CCCN(CCCNC(=O)OC1CCC1)C(=O)C1=Cc2sc(CCC3(O)CNC3)cc2N=C(N)C1. The molecule has 1 aromatic rings. The van der Waals surface area contributed by atoms with Crippen molar-refractivity contribution in [1.29, 1.82) is 0 Å². The Hall–Kier alpha value is -2.43. The minimum Gasteiger partial charge on any atom is -0.446 e. The molecule has 1 aliphatic carbocycles. The number of aliphatic imine (C=N–C) groups is 1. The number of fused-ring (bicyclic) bond motifs is 1. The molecule has 9 nitrogen and oxygen atoms in total. The van der Waals surface area contributed by atoms with Crippen LogP contribution in [0.15, 0.2) is 16.6 Å². The lowest BCUT2D eigenvalue weighted by Gasteiger charge is -2.37. The third-order valence-corrected chi connectivity index (χ3v) is 7.86. The van der Waals surface area contributed by atoms with E-state index < -0.39 is 5.60 Å². The molecule has 2 fully saturated rings. The summed E-state index contributed by atoms with van der Waals surface area (Å²) in [6.45, 7) is 4.94. The Bertz CT molecular complexity index is 981. The number of thiophene rings is 1. The van der Waals surface area contributed by atoms with Crippen LogP contribution < -0.4 is 16.4 Å². The molecule has 0 spiro atoms. The van der Waals surface area contributed by atoms with Crippen LogP contribution in [0.1, 0.15) is 61.6 Å². The number of amidine groups is 1. The van der Waals surface area contributed by atoms with Gasteiger partial charge in [0.2, 0.25) is 5.91 Å². The lowest BCUT2D eigenvalue weighted by atomic mass is 9.91. The normalized spacial score (nSPS) is 18.8. The Labute approximate surface area is 210 Å². The van der Waals surface area contributed by atoms with Crippen molar-refractivity contribution in [1.82, 2.24) is 15.5 Å². The van der Waals surface area contributed by atoms with E-state index in [1.807, 2.05) is 24.0 Å². The number of nitrogens with one attached hydrogen (secondary N) is 2. The van der Waals surface area contributed by atoms with E-state index in [2.05, 4.69) is 15.6 Å².